The van der Waals surface area contributed by atoms with Crippen LogP contribution in [-0.2, 0) is 17.9 Å². The minimum Gasteiger partial charge on any atom is -0.457 e. The summed E-state index contributed by atoms with van der Waals surface area (Å²) in [4.78, 5) is 11.6. The zero-order chi connectivity index (χ0) is 20.4. The van der Waals surface area contributed by atoms with Crippen molar-refractivity contribution >= 4 is 5.97 Å². The van der Waals surface area contributed by atoms with E-state index in [0.29, 0.717) is 24.2 Å². The van der Waals surface area contributed by atoms with Gasteiger partial charge < -0.3 is 15.2 Å². The van der Waals surface area contributed by atoms with Crippen molar-refractivity contribution in [1.82, 2.24) is 15.1 Å². The van der Waals surface area contributed by atoms with Gasteiger partial charge in [-0.2, -0.15) is 10.4 Å². The summed E-state index contributed by atoms with van der Waals surface area (Å²) in [6.07, 6.45) is 2.94. The molecular weight excluding hydrogens is 368 g/mol. The molecule has 7 heteroatoms. The van der Waals surface area contributed by atoms with Gasteiger partial charge in [0, 0.05) is 30.4 Å². The third kappa shape index (κ3) is 3.76. The number of cyclic esters (lactones) is 1. The molecule has 1 aliphatic rings. The highest BCUT2D eigenvalue weighted by Crippen LogP contribution is 2.28. The summed E-state index contributed by atoms with van der Waals surface area (Å²) < 4.78 is 6.79. The standard InChI is InChI=1S/C22H20N4O3/c1-14-18(5-6-19-20(14)13-29-22(19)28)21(27)11-24-9-16-10-25-26(12-16)17-4-2-3-15(7-17)8-23/h2-7,10,12,21,24,27H,9,11,13H2,1H3. The fourth-order valence-corrected chi connectivity index (χ4v) is 3.50. The second-order valence-electron chi connectivity index (χ2n) is 6.98. The largest absolute Gasteiger partial charge is 0.457 e. The average Bonchev–Trinajstić information content (AvgIpc) is 3.36. The van der Waals surface area contributed by atoms with Crippen LogP contribution in [0.25, 0.3) is 5.69 Å². The second-order valence-corrected chi connectivity index (χ2v) is 6.98. The molecule has 0 aliphatic carbocycles. The van der Waals surface area contributed by atoms with Crippen LogP contribution in [0.3, 0.4) is 0 Å². The summed E-state index contributed by atoms with van der Waals surface area (Å²) in [5.41, 5.74) is 5.49. The highest BCUT2D eigenvalue weighted by Gasteiger charge is 2.25. The van der Waals surface area contributed by atoms with E-state index in [4.69, 9.17) is 10.00 Å². The highest BCUT2D eigenvalue weighted by molar-refractivity contribution is 5.93. The smallest absolute Gasteiger partial charge is 0.338 e. The summed E-state index contributed by atoms with van der Waals surface area (Å²) in [6, 6.07) is 12.9. The Balaban J connectivity index is 1.38. The number of rotatable bonds is 6. The topological polar surface area (TPSA) is 100 Å². The van der Waals surface area contributed by atoms with Gasteiger partial charge in [0.05, 0.1) is 35.2 Å². The fraction of sp³-hybridized carbons (Fsp3) is 0.227. The maximum Gasteiger partial charge on any atom is 0.338 e. The van der Waals surface area contributed by atoms with Crippen molar-refractivity contribution in [2.75, 3.05) is 6.54 Å². The number of aliphatic hydroxyl groups excluding tert-OH is 1. The van der Waals surface area contributed by atoms with Crippen LogP contribution in [-0.4, -0.2) is 27.4 Å². The SMILES string of the molecule is Cc1c(C(O)CNCc2cnn(-c3cccc(C#N)c3)c2)ccc2c1COC2=O. The van der Waals surface area contributed by atoms with Gasteiger partial charge >= 0.3 is 5.97 Å². The number of aliphatic hydroxyl groups is 1. The van der Waals surface area contributed by atoms with Gasteiger partial charge in [-0.25, -0.2) is 9.48 Å². The molecule has 1 aliphatic heterocycles. The third-order valence-electron chi connectivity index (χ3n) is 5.11. The molecule has 0 bridgehead atoms. The number of carbonyl (C=O) groups excluding carboxylic acids is 1. The van der Waals surface area contributed by atoms with E-state index in [-0.39, 0.29) is 12.6 Å². The summed E-state index contributed by atoms with van der Waals surface area (Å²) in [5, 5.41) is 27.2. The van der Waals surface area contributed by atoms with Gasteiger partial charge in [0.25, 0.3) is 0 Å². The average molecular weight is 388 g/mol. The lowest BCUT2D eigenvalue weighted by Crippen LogP contribution is -2.21. The molecule has 146 valence electrons. The van der Waals surface area contributed by atoms with Crippen molar-refractivity contribution in [2.45, 2.75) is 26.2 Å². The predicted molar refractivity (Wildman–Crippen MR) is 105 cm³/mol. The van der Waals surface area contributed by atoms with E-state index in [0.717, 1.165) is 27.9 Å². The third-order valence-corrected chi connectivity index (χ3v) is 5.11. The summed E-state index contributed by atoms with van der Waals surface area (Å²) in [6.45, 7) is 3.07. The Kier molecular flexibility index (Phi) is 5.12. The van der Waals surface area contributed by atoms with Gasteiger partial charge in [-0.05, 0) is 42.3 Å². The van der Waals surface area contributed by atoms with Gasteiger partial charge in [0.1, 0.15) is 6.61 Å². The van der Waals surface area contributed by atoms with E-state index in [1.807, 2.05) is 25.3 Å². The van der Waals surface area contributed by atoms with Crippen LogP contribution < -0.4 is 5.32 Å². The van der Waals surface area contributed by atoms with Crippen LogP contribution in [0.1, 0.15) is 44.3 Å². The number of hydrogen-bond acceptors (Lipinski definition) is 6. The van der Waals surface area contributed by atoms with Gasteiger partial charge in [0.2, 0.25) is 0 Å². The molecule has 29 heavy (non-hydrogen) atoms. The number of fused-ring (bicyclic) bond motifs is 1. The Morgan fingerprint density at radius 2 is 2.24 bits per heavy atom. The van der Waals surface area contributed by atoms with Gasteiger partial charge in [-0.15, -0.1) is 0 Å². The molecule has 1 atom stereocenters. The number of ether oxygens (including phenoxy) is 1. The van der Waals surface area contributed by atoms with E-state index < -0.39 is 6.10 Å². The van der Waals surface area contributed by atoms with Crippen LogP contribution in [0.5, 0.6) is 0 Å². The highest BCUT2D eigenvalue weighted by atomic mass is 16.5. The van der Waals surface area contributed by atoms with Gasteiger partial charge in [0.15, 0.2) is 0 Å². The molecular formula is C22H20N4O3. The Morgan fingerprint density at radius 1 is 1.38 bits per heavy atom. The summed E-state index contributed by atoms with van der Waals surface area (Å²) in [7, 11) is 0. The minimum absolute atomic E-state index is 0.264. The number of esters is 1. The molecule has 0 saturated heterocycles. The van der Waals surface area contributed by atoms with Crippen molar-refractivity contribution in [2.24, 2.45) is 0 Å². The van der Waals surface area contributed by atoms with Crippen LogP contribution in [0.4, 0.5) is 0 Å². The quantitative estimate of drug-likeness (QED) is 0.630. The van der Waals surface area contributed by atoms with Crippen molar-refractivity contribution in [3.8, 4) is 11.8 Å². The molecule has 0 fully saturated rings. The van der Waals surface area contributed by atoms with Crippen LogP contribution >= 0.6 is 0 Å². The van der Waals surface area contributed by atoms with Crippen molar-refractivity contribution in [3.63, 3.8) is 0 Å². The normalized spacial score (nSPS) is 13.6. The molecule has 1 aromatic heterocycles. The first-order chi connectivity index (χ1) is 14.1. The second kappa shape index (κ2) is 7.87. The fourth-order valence-electron chi connectivity index (χ4n) is 3.50. The van der Waals surface area contributed by atoms with Crippen LogP contribution in [0, 0.1) is 18.3 Å². The van der Waals surface area contributed by atoms with E-state index in [9.17, 15) is 9.90 Å². The van der Waals surface area contributed by atoms with E-state index >= 15 is 0 Å². The maximum atomic E-state index is 11.6. The molecule has 7 nitrogen and oxygen atoms in total. The Labute approximate surface area is 168 Å². The summed E-state index contributed by atoms with van der Waals surface area (Å²) in [5.74, 6) is -0.306. The number of nitrogens with one attached hydrogen (secondary N) is 1. The Bertz CT molecular complexity index is 1110. The van der Waals surface area contributed by atoms with Gasteiger partial charge in [-0.3, -0.25) is 0 Å². The maximum absolute atomic E-state index is 11.6. The lowest BCUT2D eigenvalue weighted by Gasteiger charge is -2.16. The van der Waals surface area contributed by atoms with Crippen molar-refractivity contribution in [3.05, 3.63) is 82.2 Å². The molecule has 2 N–H and O–H groups in total. The first-order valence-corrected chi connectivity index (χ1v) is 9.29. The molecule has 2 heterocycles. The lowest BCUT2D eigenvalue weighted by molar-refractivity contribution is 0.0535. The first kappa shape index (κ1) is 18.9. The monoisotopic (exact) mass is 388 g/mol. The van der Waals surface area contributed by atoms with Crippen molar-refractivity contribution < 1.29 is 14.6 Å². The summed E-state index contributed by atoms with van der Waals surface area (Å²) >= 11 is 0. The predicted octanol–water partition coefficient (Wildman–Crippen LogP) is 2.55. The molecule has 2 aromatic carbocycles. The van der Waals surface area contributed by atoms with Crippen LogP contribution in [0.2, 0.25) is 0 Å². The number of aromatic nitrogens is 2. The molecule has 3 aromatic rings. The molecule has 0 radical (unpaired) electrons. The Hall–Kier alpha value is -3.47. The molecule has 4 rings (SSSR count). The first-order valence-electron chi connectivity index (χ1n) is 9.29. The lowest BCUT2D eigenvalue weighted by atomic mass is 9.95. The number of hydrogen-bond donors (Lipinski definition) is 2. The number of benzene rings is 2. The zero-order valence-electron chi connectivity index (χ0n) is 15.9. The number of carbonyl (C=O) groups is 1. The minimum atomic E-state index is -0.696. The molecule has 0 amide bonds. The number of nitriles is 1. The number of nitrogens with zero attached hydrogens (tertiary/aromatic N) is 3. The van der Waals surface area contributed by atoms with Crippen LogP contribution in [0.15, 0.2) is 48.8 Å². The molecule has 1 unspecified atom stereocenters. The zero-order valence-corrected chi connectivity index (χ0v) is 15.9. The Morgan fingerprint density at radius 3 is 3.07 bits per heavy atom. The molecule has 0 saturated carbocycles. The van der Waals surface area contributed by atoms with E-state index in [1.54, 1.807) is 35.1 Å². The van der Waals surface area contributed by atoms with Crippen molar-refractivity contribution in [1.29, 1.82) is 5.26 Å². The molecule has 0 spiro atoms. The van der Waals surface area contributed by atoms with Gasteiger partial charge in [-0.1, -0.05) is 12.1 Å². The van der Waals surface area contributed by atoms with E-state index in [1.165, 1.54) is 0 Å². The van der Waals surface area contributed by atoms with E-state index in [2.05, 4.69) is 16.5 Å².